The van der Waals surface area contributed by atoms with Crippen molar-refractivity contribution < 1.29 is 24.5 Å². The zero-order valence-corrected chi connectivity index (χ0v) is 42.1. The van der Waals surface area contributed by atoms with E-state index in [0.29, 0.717) is 28.7 Å². The van der Waals surface area contributed by atoms with Crippen LogP contribution in [0.2, 0.25) is 0 Å². The maximum absolute atomic E-state index is 10.1. The molecule has 0 atom stereocenters. The van der Waals surface area contributed by atoms with E-state index in [1.54, 1.807) is 18.2 Å². The van der Waals surface area contributed by atoms with E-state index in [0.717, 1.165) is 83.3 Å². The predicted molar refractivity (Wildman–Crippen MR) is 282 cm³/mol. The number of nitriles is 1. The van der Waals surface area contributed by atoms with Gasteiger partial charge >= 0.3 is 0 Å². The Morgan fingerprint density at radius 2 is 1.27 bits per heavy atom. The number of nitrogens with zero attached hydrogens (tertiary/aromatic N) is 6. The van der Waals surface area contributed by atoms with Crippen molar-refractivity contribution in [1.29, 1.82) is 5.26 Å². The third-order valence-corrected chi connectivity index (χ3v) is 14.0. The maximum Gasteiger partial charge on any atom is 0.159 e. The molecule has 12 aromatic rings. The number of benzene rings is 8. The molecule has 7 nitrogen and oxygen atoms in total. The molecule has 70 heavy (non-hydrogen) atoms. The van der Waals surface area contributed by atoms with Gasteiger partial charge in [-0.15, -0.1) is 23.8 Å². The molecule has 1 radical (unpaired) electrons. The summed E-state index contributed by atoms with van der Waals surface area (Å²) in [5.41, 5.74) is 16.7. The largest absolute Gasteiger partial charge is 0.454 e. The second kappa shape index (κ2) is 17.2. The zero-order chi connectivity index (χ0) is 47.2. The van der Waals surface area contributed by atoms with Gasteiger partial charge in [0.25, 0.3) is 0 Å². The summed E-state index contributed by atoms with van der Waals surface area (Å²) in [5, 5.41) is 17.0. The molecular weight excluding hydrogens is 1040 g/mol. The molecule has 0 N–H and O–H groups in total. The fourth-order valence-electron chi connectivity index (χ4n) is 10.6. The standard InChI is InChI=1S/C62H47N6O.Ir/c1-36(2)39-22-25-57-51(29-39)47-17-9-11-20-55(47)68(57)58-21-13-18-48-53-33-45(24-27-59(53)69-61(48)58)67-54-19-10-8-16-46(54)52-30-40(23-26-56(52)67)42-31-49(37(3)4)60(50(32-42)38(5)6)66-35-44(34-63)65-62(66)41-14-12-15-43(28-41)64-7;/h8-13,15-33,35-38H,1-6H3;/q-1;. The van der Waals surface area contributed by atoms with E-state index < -0.39 is 0 Å². The van der Waals surface area contributed by atoms with Crippen LogP contribution in [0.4, 0.5) is 5.69 Å². The molecule has 0 aliphatic carbocycles. The van der Waals surface area contributed by atoms with Gasteiger partial charge in [-0.05, 0) is 118 Å². The van der Waals surface area contributed by atoms with Gasteiger partial charge in [0.2, 0.25) is 0 Å². The van der Waals surface area contributed by atoms with E-state index >= 15 is 0 Å². The Bertz CT molecular complexity index is 4130. The minimum Gasteiger partial charge on any atom is -0.454 e. The number of imidazole rings is 1. The molecule has 0 amide bonds. The van der Waals surface area contributed by atoms with Crippen LogP contribution in [0.3, 0.4) is 0 Å². The van der Waals surface area contributed by atoms with Gasteiger partial charge in [-0.3, -0.25) is 9.83 Å². The third-order valence-electron chi connectivity index (χ3n) is 14.0. The first-order chi connectivity index (χ1) is 33.6. The van der Waals surface area contributed by atoms with Gasteiger partial charge in [-0.1, -0.05) is 102 Å². The molecule has 0 aliphatic heterocycles. The number of rotatable bonds is 8. The normalized spacial score (nSPS) is 11.8. The van der Waals surface area contributed by atoms with Crippen LogP contribution < -0.4 is 0 Å². The van der Waals surface area contributed by atoms with Crippen molar-refractivity contribution in [3.63, 3.8) is 0 Å². The average molecular weight is 1080 g/mol. The van der Waals surface area contributed by atoms with Gasteiger partial charge in [0.1, 0.15) is 23.0 Å². The van der Waals surface area contributed by atoms with Gasteiger partial charge in [-0.25, -0.2) is 0 Å². The molecule has 0 bridgehead atoms. The number of para-hydroxylation sites is 3. The summed E-state index contributed by atoms with van der Waals surface area (Å²) in [4.78, 5) is 8.41. The number of hydrogen-bond donors (Lipinski definition) is 0. The first-order valence-electron chi connectivity index (χ1n) is 23.7. The summed E-state index contributed by atoms with van der Waals surface area (Å²) in [6.07, 6.45) is 1.82. The minimum absolute atomic E-state index is 0. The van der Waals surface area contributed by atoms with E-state index in [1.165, 1.54) is 27.1 Å². The van der Waals surface area contributed by atoms with Gasteiger partial charge < -0.3 is 18.1 Å². The van der Waals surface area contributed by atoms with Crippen molar-refractivity contribution in [3.8, 4) is 45.6 Å². The summed E-state index contributed by atoms with van der Waals surface area (Å²) in [5.74, 6) is 1.31. The Morgan fingerprint density at radius 3 is 1.97 bits per heavy atom. The molecule has 8 aromatic carbocycles. The first kappa shape index (κ1) is 44.5. The molecule has 0 saturated heterocycles. The van der Waals surface area contributed by atoms with Crippen LogP contribution in [0.5, 0.6) is 0 Å². The van der Waals surface area contributed by atoms with Crippen molar-refractivity contribution in [2.24, 2.45) is 0 Å². The molecule has 341 valence electrons. The quantitative estimate of drug-likeness (QED) is 0.142. The monoisotopic (exact) mass is 1080 g/mol. The molecule has 0 fully saturated rings. The second-order valence-corrected chi connectivity index (χ2v) is 19.1. The van der Waals surface area contributed by atoms with Crippen LogP contribution in [0.25, 0.3) is 110 Å². The summed E-state index contributed by atoms with van der Waals surface area (Å²) in [6.45, 7) is 21.0. The molecule has 4 aromatic heterocycles. The molecule has 4 heterocycles. The smallest absolute Gasteiger partial charge is 0.159 e. The van der Waals surface area contributed by atoms with Crippen molar-refractivity contribution in [2.75, 3.05) is 0 Å². The molecule has 0 aliphatic rings. The van der Waals surface area contributed by atoms with Crippen LogP contribution in [-0.2, 0) is 20.1 Å². The van der Waals surface area contributed by atoms with E-state index in [9.17, 15) is 5.26 Å². The summed E-state index contributed by atoms with van der Waals surface area (Å²) in [6, 6.07) is 59.6. The fourth-order valence-corrected chi connectivity index (χ4v) is 10.6. The summed E-state index contributed by atoms with van der Waals surface area (Å²) >= 11 is 0. The number of aromatic nitrogens is 4. The first-order valence-corrected chi connectivity index (χ1v) is 23.7. The molecule has 0 spiro atoms. The SMILES string of the molecule is [C-]#[N+]c1cc[c-]c(-c2nc(C#N)cn2-c2c(C(C)C)cc(-c3ccc4c(c3)c3ccccc3n4-c3ccc4oc5c(-n6c7ccccc7c7cc(C(C)C)ccc76)cccc5c4c3)cc2C(C)C)c1.[Ir]. The van der Waals surface area contributed by atoms with Crippen LogP contribution >= 0.6 is 0 Å². The summed E-state index contributed by atoms with van der Waals surface area (Å²) in [7, 11) is 0. The van der Waals surface area contributed by atoms with Crippen molar-refractivity contribution >= 4 is 71.2 Å². The number of furan rings is 1. The summed E-state index contributed by atoms with van der Waals surface area (Å²) < 4.78 is 13.6. The number of fused-ring (bicyclic) bond motifs is 9. The van der Waals surface area contributed by atoms with Crippen molar-refractivity contribution in [3.05, 3.63) is 198 Å². The Balaban J connectivity index is 0.00000533. The zero-order valence-electron chi connectivity index (χ0n) is 39.7. The van der Waals surface area contributed by atoms with Crippen LogP contribution in [0.15, 0.2) is 162 Å². The Hall–Kier alpha value is -8.00. The van der Waals surface area contributed by atoms with Crippen LogP contribution in [0, 0.1) is 24.0 Å². The van der Waals surface area contributed by atoms with E-state index in [-0.39, 0.29) is 31.9 Å². The van der Waals surface area contributed by atoms with Gasteiger partial charge in [0, 0.05) is 70.0 Å². The van der Waals surface area contributed by atoms with E-state index in [1.807, 2.05) is 10.8 Å². The third kappa shape index (κ3) is 6.98. The topological polar surface area (TPSA) is 69.0 Å². The second-order valence-electron chi connectivity index (χ2n) is 19.1. The van der Waals surface area contributed by atoms with Gasteiger partial charge in [0.05, 0.1) is 40.2 Å². The fraction of sp³-hybridized carbons (Fsp3) is 0.145. The Kier molecular flexibility index (Phi) is 10.9. The van der Waals surface area contributed by atoms with E-state index in [4.69, 9.17) is 16.0 Å². The van der Waals surface area contributed by atoms with Gasteiger partial charge in [-0.2, -0.15) is 11.3 Å². The van der Waals surface area contributed by atoms with Crippen molar-refractivity contribution in [2.45, 2.75) is 59.3 Å². The maximum atomic E-state index is 10.1. The Morgan fingerprint density at radius 1 is 0.614 bits per heavy atom. The molecule has 8 heteroatoms. The molecule has 0 saturated carbocycles. The molecule has 0 unspecified atom stereocenters. The molecule has 12 rings (SSSR count). The van der Waals surface area contributed by atoms with Crippen molar-refractivity contribution in [1.82, 2.24) is 18.7 Å². The van der Waals surface area contributed by atoms with Crippen LogP contribution in [0.1, 0.15) is 81.7 Å². The molecular formula is C62H47IrN6O-. The predicted octanol–water partition coefficient (Wildman–Crippen LogP) is 16.9. The minimum atomic E-state index is 0. The Labute approximate surface area is 420 Å². The van der Waals surface area contributed by atoms with Crippen LogP contribution in [-0.4, -0.2) is 18.7 Å². The van der Waals surface area contributed by atoms with E-state index in [2.05, 4.69) is 201 Å². The van der Waals surface area contributed by atoms with Gasteiger partial charge in [0.15, 0.2) is 5.58 Å². The average Bonchev–Trinajstić information content (AvgIpc) is 4.15. The number of hydrogen-bond acceptors (Lipinski definition) is 3.